The molecule has 0 radical (unpaired) electrons. The average Bonchev–Trinajstić information content (AvgIpc) is 2.52. The Balaban J connectivity index is 2.52. The summed E-state index contributed by atoms with van der Waals surface area (Å²) in [7, 11) is 2.65. The summed E-state index contributed by atoms with van der Waals surface area (Å²) in [6, 6.07) is 6.20. The van der Waals surface area contributed by atoms with E-state index in [4.69, 9.17) is 21.1 Å². The lowest BCUT2D eigenvalue weighted by Crippen LogP contribution is -2.18. The molecule has 7 nitrogen and oxygen atoms in total. The van der Waals surface area contributed by atoms with Crippen LogP contribution < -0.4 is 9.47 Å². The van der Waals surface area contributed by atoms with Crippen LogP contribution in [0.4, 0.5) is 0 Å². The number of carbonyl (C=O) groups is 2. The monoisotopic (exact) mass is 354 g/mol. The average molecular weight is 355 g/mol. The van der Waals surface area contributed by atoms with Crippen molar-refractivity contribution in [3.8, 4) is 17.2 Å². The zero-order chi connectivity index (χ0) is 17.7. The number of esters is 2. The topological polar surface area (TPSA) is 91.3 Å². The smallest absolute Gasteiger partial charge is 0.337 e. The van der Waals surface area contributed by atoms with E-state index in [1.165, 1.54) is 26.4 Å². The van der Waals surface area contributed by atoms with E-state index in [1.54, 1.807) is 12.1 Å². The van der Waals surface area contributed by atoms with Gasteiger partial charge in [0, 0.05) is 24.6 Å². The molecule has 2 rings (SSSR count). The first-order chi connectivity index (χ1) is 11.5. The summed E-state index contributed by atoms with van der Waals surface area (Å²) in [5, 5.41) is 11.7. The van der Waals surface area contributed by atoms with Crippen LogP contribution in [0.1, 0.15) is 0 Å². The first-order valence-corrected chi connectivity index (χ1v) is 7.18. The van der Waals surface area contributed by atoms with Crippen molar-refractivity contribution in [1.82, 2.24) is 0 Å². The van der Waals surface area contributed by atoms with Gasteiger partial charge in [-0.25, -0.2) is 9.59 Å². The van der Waals surface area contributed by atoms with Gasteiger partial charge in [-0.3, -0.25) is 0 Å². The molecule has 0 unspecified atom stereocenters. The number of benzene rings is 2. The van der Waals surface area contributed by atoms with E-state index in [0.717, 1.165) is 0 Å². The molecule has 0 saturated heterocycles. The lowest BCUT2D eigenvalue weighted by atomic mass is 10.1. The van der Waals surface area contributed by atoms with Crippen LogP contribution in [0.3, 0.4) is 0 Å². The largest absolute Gasteiger partial charge is 0.504 e. The molecular weight excluding hydrogens is 340 g/mol. The first kappa shape index (κ1) is 18.0. The van der Waals surface area contributed by atoms with E-state index >= 15 is 0 Å². The third-order valence-corrected chi connectivity index (χ3v) is 3.20. The Hall–Kier alpha value is -2.35. The summed E-state index contributed by atoms with van der Waals surface area (Å²) in [6.07, 6.45) is 0. The molecule has 0 aromatic heterocycles. The zero-order valence-electron chi connectivity index (χ0n) is 13.0. The van der Waals surface area contributed by atoms with Crippen LogP contribution in [0, 0.1) is 0 Å². The second-order valence-corrected chi connectivity index (χ2v) is 5.17. The van der Waals surface area contributed by atoms with Crippen molar-refractivity contribution in [3.05, 3.63) is 29.3 Å². The maximum absolute atomic E-state index is 11.7. The SMILES string of the molecule is COCC(=O)Oc1cc2ccc(Cl)cc2c(O)c1OC(=O)COC. The predicted molar refractivity (Wildman–Crippen MR) is 85.6 cm³/mol. The van der Waals surface area contributed by atoms with Crippen LogP contribution in [0.5, 0.6) is 17.2 Å². The van der Waals surface area contributed by atoms with E-state index in [0.29, 0.717) is 15.8 Å². The summed E-state index contributed by atoms with van der Waals surface area (Å²) in [5.41, 5.74) is 0. The number of aromatic hydroxyl groups is 1. The molecule has 0 spiro atoms. The summed E-state index contributed by atoms with van der Waals surface area (Å²) in [6.45, 7) is -0.636. The molecule has 0 aliphatic carbocycles. The molecule has 128 valence electrons. The molecule has 1 N–H and O–H groups in total. The van der Waals surface area contributed by atoms with Crippen molar-refractivity contribution < 1.29 is 33.6 Å². The van der Waals surface area contributed by atoms with Crippen molar-refractivity contribution in [2.24, 2.45) is 0 Å². The second kappa shape index (κ2) is 7.96. The Morgan fingerprint density at radius 3 is 2.29 bits per heavy atom. The molecule has 2 aromatic rings. The molecule has 0 heterocycles. The van der Waals surface area contributed by atoms with Crippen molar-refractivity contribution in [1.29, 1.82) is 0 Å². The summed E-state index contributed by atoms with van der Waals surface area (Å²) in [4.78, 5) is 23.3. The van der Waals surface area contributed by atoms with Gasteiger partial charge in [-0.15, -0.1) is 0 Å². The lowest BCUT2D eigenvalue weighted by molar-refractivity contribution is -0.141. The van der Waals surface area contributed by atoms with Crippen LogP contribution in [-0.2, 0) is 19.1 Å². The Morgan fingerprint density at radius 2 is 1.67 bits per heavy atom. The quantitative estimate of drug-likeness (QED) is 0.628. The van der Waals surface area contributed by atoms with Gasteiger partial charge in [-0.05, 0) is 23.6 Å². The van der Waals surface area contributed by atoms with E-state index in [9.17, 15) is 14.7 Å². The normalized spacial score (nSPS) is 10.6. The minimum Gasteiger partial charge on any atom is -0.504 e. The van der Waals surface area contributed by atoms with Gasteiger partial charge in [0.15, 0.2) is 11.5 Å². The van der Waals surface area contributed by atoms with Gasteiger partial charge >= 0.3 is 11.9 Å². The van der Waals surface area contributed by atoms with Gasteiger partial charge in [-0.2, -0.15) is 0 Å². The molecule has 0 fully saturated rings. The Kier molecular flexibility index (Phi) is 5.97. The van der Waals surface area contributed by atoms with Crippen molar-refractivity contribution in [2.75, 3.05) is 27.4 Å². The highest BCUT2D eigenvalue weighted by Crippen LogP contribution is 2.43. The molecule has 0 saturated carbocycles. The number of rotatable bonds is 6. The van der Waals surface area contributed by atoms with Gasteiger partial charge in [0.25, 0.3) is 0 Å². The number of hydrogen-bond acceptors (Lipinski definition) is 7. The highest BCUT2D eigenvalue weighted by molar-refractivity contribution is 6.31. The number of halogens is 1. The van der Waals surface area contributed by atoms with Crippen molar-refractivity contribution in [2.45, 2.75) is 0 Å². The summed E-state index contributed by atoms with van der Waals surface area (Å²) < 4.78 is 19.5. The maximum Gasteiger partial charge on any atom is 0.337 e. The van der Waals surface area contributed by atoms with Crippen molar-refractivity contribution in [3.63, 3.8) is 0 Å². The van der Waals surface area contributed by atoms with E-state index < -0.39 is 11.9 Å². The Bertz CT molecular complexity index is 773. The molecule has 24 heavy (non-hydrogen) atoms. The molecule has 0 bridgehead atoms. The molecule has 2 aromatic carbocycles. The number of carbonyl (C=O) groups excluding carboxylic acids is 2. The van der Waals surface area contributed by atoms with Gasteiger partial charge < -0.3 is 24.1 Å². The van der Waals surface area contributed by atoms with Crippen LogP contribution in [0.15, 0.2) is 24.3 Å². The maximum atomic E-state index is 11.7. The van der Waals surface area contributed by atoms with Crippen LogP contribution in [0.25, 0.3) is 10.8 Å². The standard InChI is InChI=1S/C16H15ClO7/c1-21-7-13(18)23-12-5-9-3-4-10(17)6-11(9)15(20)16(12)24-14(19)8-22-2/h3-6,20H,7-8H2,1-2H3. The fraction of sp³-hybridized carbons (Fsp3) is 0.250. The number of hydrogen-bond donors (Lipinski definition) is 1. The van der Waals surface area contributed by atoms with Crippen LogP contribution >= 0.6 is 11.6 Å². The van der Waals surface area contributed by atoms with Crippen LogP contribution in [0.2, 0.25) is 5.02 Å². The van der Waals surface area contributed by atoms with Gasteiger partial charge in [-0.1, -0.05) is 17.7 Å². The summed E-state index contributed by atoms with van der Waals surface area (Å²) in [5.74, 6) is -2.27. The number of phenols is 1. The predicted octanol–water partition coefficient (Wildman–Crippen LogP) is 2.30. The molecular formula is C16H15ClO7. The number of phenolic OH excluding ortho intramolecular Hbond substituents is 1. The van der Waals surface area contributed by atoms with Crippen molar-refractivity contribution >= 4 is 34.3 Å². The number of fused-ring (bicyclic) bond motifs is 1. The molecule has 0 atom stereocenters. The third kappa shape index (κ3) is 4.14. The fourth-order valence-electron chi connectivity index (χ4n) is 2.01. The zero-order valence-corrected chi connectivity index (χ0v) is 13.8. The van der Waals surface area contributed by atoms with E-state index in [2.05, 4.69) is 9.47 Å². The minimum atomic E-state index is -0.766. The number of ether oxygens (including phenoxy) is 4. The number of methoxy groups -OCH3 is 2. The molecule has 0 amide bonds. The molecule has 0 aliphatic heterocycles. The fourth-order valence-corrected chi connectivity index (χ4v) is 2.18. The third-order valence-electron chi connectivity index (χ3n) is 2.96. The van der Waals surface area contributed by atoms with Gasteiger partial charge in [0.1, 0.15) is 13.2 Å². The highest BCUT2D eigenvalue weighted by Gasteiger charge is 2.21. The van der Waals surface area contributed by atoms with Crippen LogP contribution in [-0.4, -0.2) is 44.5 Å². The second-order valence-electron chi connectivity index (χ2n) is 4.73. The first-order valence-electron chi connectivity index (χ1n) is 6.80. The van der Waals surface area contributed by atoms with E-state index in [-0.39, 0.29) is 30.5 Å². The molecule has 0 aliphatic rings. The lowest BCUT2D eigenvalue weighted by Gasteiger charge is -2.14. The Morgan fingerprint density at radius 1 is 1.04 bits per heavy atom. The highest BCUT2D eigenvalue weighted by atomic mass is 35.5. The van der Waals surface area contributed by atoms with Gasteiger partial charge in [0.05, 0.1) is 0 Å². The molecule has 8 heteroatoms. The minimum absolute atomic E-state index is 0.117. The van der Waals surface area contributed by atoms with Gasteiger partial charge in [0.2, 0.25) is 5.75 Å². The van der Waals surface area contributed by atoms with E-state index in [1.807, 2.05) is 0 Å². The summed E-state index contributed by atoms with van der Waals surface area (Å²) >= 11 is 5.92. The Labute approximate surface area is 142 Å².